The maximum atomic E-state index is 12.3. The maximum Gasteiger partial charge on any atom is 0.222 e. The molecule has 0 radical (unpaired) electrons. The average molecular weight is 288 g/mol. The Labute approximate surface area is 128 Å². The van der Waals surface area contributed by atoms with Crippen LogP contribution in [0.1, 0.15) is 63.0 Å². The number of anilines is 1. The van der Waals surface area contributed by atoms with Crippen molar-refractivity contribution < 1.29 is 4.79 Å². The third kappa shape index (κ3) is 4.48. The first-order chi connectivity index (χ1) is 10.2. The van der Waals surface area contributed by atoms with E-state index >= 15 is 0 Å². The Hall–Kier alpha value is -1.51. The molecule has 0 aliphatic carbocycles. The largest absolute Gasteiger partial charge is 0.398 e. The van der Waals surface area contributed by atoms with Crippen molar-refractivity contribution in [1.82, 2.24) is 4.90 Å². The van der Waals surface area contributed by atoms with Crippen LogP contribution >= 0.6 is 0 Å². The van der Waals surface area contributed by atoms with Gasteiger partial charge in [0.05, 0.1) is 0 Å². The summed E-state index contributed by atoms with van der Waals surface area (Å²) in [6, 6.07) is 6.06. The smallest absolute Gasteiger partial charge is 0.222 e. The van der Waals surface area contributed by atoms with Crippen LogP contribution in [0.15, 0.2) is 18.2 Å². The highest BCUT2D eigenvalue weighted by molar-refractivity contribution is 5.76. The Bertz CT molecular complexity index is 470. The molecule has 1 aromatic carbocycles. The lowest BCUT2D eigenvalue weighted by Crippen LogP contribution is -2.36. The fourth-order valence-corrected chi connectivity index (χ4v) is 3.03. The zero-order valence-corrected chi connectivity index (χ0v) is 13.2. The molecule has 0 fully saturated rings. The molecule has 0 atom stereocenters. The fourth-order valence-electron chi connectivity index (χ4n) is 3.03. The van der Waals surface area contributed by atoms with Gasteiger partial charge in [-0.25, -0.2) is 0 Å². The number of carbonyl (C=O) groups is 1. The molecule has 2 N–H and O–H groups in total. The predicted octanol–water partition coefficient (Wildman–Crippen LogP) is 3.90. The van der Waals surface area contributed by atoms with Gasteiger partial charge in [-0.15, -0.1) is 0 Å². The summed E-state index contributed by atoms with van der Waals surface area (Å²) in [6.07, 6.45) is 8.98. The van der Waals surface area contributed by atoms with Crippen molar-refractivity contribution >= 4 is 11.6 Å². The molecule has 1 aliphatic rings. The van der Waals surface area contributed by atoms with Crippen molar-refractivity contribution in [3.8, 4) is 0 Å². The Morgan fingerprint density at radius 1 is 1.19 bits per heavy atom. The van der Waals surface area contributed by atoms with Gasteiger partial charge in [-0.1, -0.05) is 51.2 Å². The molecule has 0 saturated carbocycles. The first kappa shape index (κ1) is 15.9. The molecule has 0 spiro atoms. The Balaban J connectivity index is 1.76. The summed E-state index contributed by atoms with van der Waals surface area (Å²) in [5.74, 6) is 0.291. The number of hydrogen-bond acceptors (Lipinski definition) is 2. The minimum Gasteiger partial charge on any atom is -0.398 e. The molecular weight excluding hydrogens is 260 g/mol. The third-order valence-electron chi connectivity index (χ3n) is 4.41. The van der Waals surface area contributed by atoms with E-state index < -0.39 is 0 Å². The molecule has 21 heavy (non-hydrogen) atoms. The van der Waals surface area contributed by atoms with Crippen LogP contribution in [0.5, 0.6) is 0 Å². The Morgan fingerprint density at radius 2 is 1.95 bits per heavy atom. The number of nitrogens with zero attached hydrogens (tertiary/aromatic N) is 1. The molecule has 2 rings (SSSR count). The SMILES string of the molecule is CCCCCCCCC(=O)N1CCc2cccc(N)c2C1. The monoisotopic (exact) mass is 288 g/mol. The zero-order chi connectivity index (χ0) is 15.1. The van der Waals surface area contributed by atoms with E-state index in [0.29, 0.717) is 18.9 Å². The number of unbranched alkanes of at least 4 members (excludes halogenated alkanes) is 5. The van der Waals surface area contributed by atoms with E-state index in [9.17, 15) is 4.79 Å². The molecule has 0 aromatic heterocycles. The first-order valence-electron chi connectivity index (χ1n) is 8.36. The highest BCUT2D eigenvalue weighted by Gasteiger charge is 2.21. The molecule has 1 amide bonds. The fraction of sp³-hybridized carbons (Fsp3) is 0.611. The Morgan fingerprint density at radius 3 is 2.76 bits per heavy atom. The van der Waals surface area contributed by atoms with Gasteiger partial charge in [0.25, 0.3) is 0 Å². The van der Waals surface area contributed by atoms with Gasteiger partial charge in [0, 0.05) is 25.2 Å². The van der Waals surface area contributed by atoms with Crippen LogP contribution in [0.4, 0.5) is 5.69 Å². The normalized spacial score (nSPS) is 14.0. The van der Waals surface area contributed by atoms with Gasteiger partial charge in [0.2, 0.25) is 5.91 Å². The average Bonchev–Trinajstić information content (AvgIpc) is 2.50. The summed E-state index contributed by atoms with van der Waals surface area (Å²) in [5.41, 5.74) is 9.31. The van der Waals surface area contributed by atoms with Gasteiger partial charge in [0.1, 0.15) is 0 Å². The number of fused-ring (bicyclic) bond motifs is 1. The highest BCUT2D eigenvalue weighted by atomic mass is 16.2. The van der Waals surface area contributed by atoms with Gasteiger partial charge in [-0.3, -0.25) is 4.79 Å². The molecule has 0 bridgehead atoms. The number of amides is 1. The van der Waals surface area contributed by atoms with Crippen LogP contribution in [0, 0.1) is 0 Å². The van der Waals surface area contributed by atoms with E-state index in [2.05, 4.69) is 13.0 Å². The van der Waals surface area contributed by atoms with Crippen LogP contribution in [-0.2, 0) is 17.8 Å². The van der Waals surface area contributed by atoms with Crippen molar-refractivity contribution in [2.45, 2.75) is 64.8 Å². The van der Waals surface area contributed by atoms with Crippen molar-refractivity contribution in [2.24, 2.45) is 0 Å². The van der Waals surface area contributed by atoms with Crippen LogP contribution in [0.25, 0.3) is 0 Å². The highest BCUT2D eigenvalue weighted by Crippen LogP contribution is 2.24. The molecule has 1 aliphatic heterocycles. The predicted molar refractivity (Wildman–Crippen MR) is 88.0 cm³/mol. The van der Waals surface area contributed by atoms with E-state index in [1.165, 1.54) is 37.7 Å². The summed E-state index contributed by atoms with van der Waals surface area (Å²) in [7, 11) is 0. The van der Waals surface area contributed by atoms with E-state index in [0.717, 1.165) is 30.6 Å². The van der Waals surface area contributed by atoms with Crippen molar-refractivity contribution in [3.63, 3.8) is 0 Å². The zero-order valence-electron chi connectivity index (χ0n) is 13.2. The molecule has 1 heterocycles. The molecule has 0 saturated heterocycles. The van der Waals surface area contributed by atoms with Crippen LogP contribution in [-0.4, -0.2) is 17.4 Å². The van der Waals surface area contributed by atoms with Crippen molar-refractivity contribution in [2.75, 3.05) is 12.3 Å². The molecule has 3 nitrogen and oxygen atoms in total. The molecule has 3 heteroatoms. The lowest BCUT2D eigenvalue weighted by atomic mass is 9.97. The second kappa shape index (κ2) is 8.06. The summed E-state index contributed by atoms with van der Waals surface area (Å²) in [4.78, 5) is 14.3. The van der Waals surface area contributed by atoms with E-state index in [4.69, 9.17) is 5.73 Å². The van der Waals surface area contributed by atoms with Gasteiger partial charge in [0.15, 0.2) is 0 Å². The standard InChI is InChI=1S/C18H28N2O/c1-2-3-4-5-6-7-11-18(21)20-13-12-15-9-8-10-17(19)16(15)14-20/h8-10H,2-7,11-14,19H2,1H3. The number of benzene rings is 1. The summed E-state index contributed by atoms with van der Waals surface area (Å²) in [6.45, 7) is 3.76. The topological polar surface area (TPSA) is 46.3 Å². The van der Waals surface area contributed by atoms with Crippen LogP contribution < -0.4 is 5.73 Å². The quantitative estimate of drug-likeness (QED) is 0.611. The summed E-state index contributed by atoms with van der Waals surface area (Å²) >= 11 is 0. The second-order valence-electron chi connectivity index (χ2n) is 6.07. The summed E-state index contributed by atoms with van der Waals surface area (Å²) in [5, 5.41) is 0. The Kier molecular flexibility index (Phi) is 6.09. The van der Waals surface area contributed by atoms with Crippen LogP contribution in [0.2, 0.25) is 0 Å². The van der Waals surface area contributed by atoms with Crippen LogP contribution in [0.3, 0.4) is 0 Å². The first-order valence-corrected chi connectivity index (χ1v) is 8.36. The lowest BCUT2D eigenvalue weighted by molar-refractivity contribution is -0.132. The minimum absolute atomic E-state index is 0.291. The molecule has 1 aromatic rings. The number of hydrogen-bond donors (Lipinski definition) is 1. The maximum absolute atomic E-state index is 12.3. The van der Waals surface area contributed by atoms with Gasteiger partial charge in [-0.2, -0.15) is 0 Å². The second-order valence-corrected chi connectivity index (χ2v) is 6.07. The van der Waals surface area contributed by atoms with E-state index in [1.807, 2.05) is 17.0 Å². The van der Waals surface area contributed by atoms with Crippen molar-refractivity contribution in [3.05, 3.63) is 29.3 Å². The molecular formula is C18H28N2O. The van der Waals surface area contributed by atoms with E-state index in [1.54, 1.807) is 0 Å². The third-order valence-corrected chi connectivity index (χ3v) is 4.41. The van der Waals surface area contributed by atoms with Crippen molar-refractivity contribution in [1.29, 1.82) is 0 Å². The number of rotatable bonds is 7. The lowest BCUT2D eigenvalue weighted by Gasteiger charge is -2.29. The van der Waals surface area contributed by atoms with E-state index in [-0.39, 0.29) is 0 Å². The van der Waals surface area contributed by atoms with Gasteiger partial charge < -0.3 is 10.6 Å². The molecule has 116 valence electrons. The number of nitrogen functional groups attached to an aromatic ring is 1. The van der Waals surface area contributed by atoms with Gasteiger partial charge >= 0.3 is 0 Å². The minimum atomic E-state index is 0.291. The molecule has 0 unspecified atom stereocenters. The summed E-state index contributed by atoms with van der Waals surface area (Å²) < 4.78 is 0. The van der Waals surface area contributed by atoms with Gasteiger partial charge in [-0.05, 0) is 30.0 Å². The number of nitrogens with two attached hydrogens (primary N) is 1. The number of carbonyl (C=O) groups excluding carboxylic acids is 1.